The molecular formula is C15H13BF3NO3. The van der Waals surface area contributed by atoms with E-state index in [1.54, 1.807) is 18.2 Å². The van der Waals surface area contributed by atoms with E-state index in [1.807, 2.05) is 5.32 Å². The molecule has 0 fully saturated rings. The van der Waals surface area contributed by atoms with Crippen molar-refractivity contribution in [2.45, 2.75) is 12.5 Å². The van der Waals surface area contributed by atoms with Crippen molar-refractivity contribution in [1.82, 2.24) is 5.32 Å². The van der Waals surface area contributed by atoms with Crippen LogP contribution in [0.5, 0.6) is 0 Å². The summed E-state index contributed by atoms with van der Waals surface area (Å²) >= 11 is 0. The molecule has 120 valence electrons. The summed E-state index contributed by atoms with van der Waals surface area (Å²) in [7, 11) is -1.76. The zero-order valence-corrected chi connectivity index (χ0v) is 11.8. The summed E-state index contributed by atoms with van der Waals surface area (Å²) in [5.74, 6) is -0.625. The predicted molar refractivity (Wildman–Crippen MR) is 78.8 cm³/mol. The molecule has 4 nitrogen and oxygen atoms in total. The molecule has 0 aromatic heterocycles. The van der Waals surface area contributed by atoms with Gasteiger partial charge >= 0.3 is 13.2 Å². The van der Waals surface area contributed by atoms with Crippen molar-refractivity contribution >= 4 is 18.7 Å². The van der Waals surface area contributed by atoms with Crippen LogP contribution < -0.4 is 10.8 Å². The summed E-state index contributed by atoms with van der Waals surface area (Å²) < 4.78 is 43.8. The van der Waals surface area contributed by atoms with Gasteiger partial charge in [0.2, 0.25) is 0 Å². The quantitative estimate of drug-likeness (QED) is 0.830. The van der Waals surface area contributed by atoms with E-state index in [4.69, 9.17) is 0 Å². The molecule has 0 radical (unpaired) electrons. The van der Waals surface area contributed by atoms with Crippen LogP contribution in [0.15, 0.2) is 54.6 Å². The molecule has 1 amide bonds. The molecule has 0 aliphatic heterocycles. The highest BCUT2D eigenvalue weighted by atomic mass is 19.3. The van der Waals surface area contributed by atoms with Gasteiger partial charge in [-0.3, -0.25) is 0 Å². The third kappa shape index (κ3) is 4.75. The number of carbonyl (C=O) groups is 1. The number of alkyl halides is 2. The average molecular weight is 323 g/mol. The lowest BCUT2D eigenvalue weighted by Crippen LogP contribution is -2.42. The van der Waals surface area contributed by atoms with Gasteiger partial charge in [0.1, 0.15) is 11.9 Å². The Morgan fingerprint density at radius 1 is 1.13 bits per heavy atom. The van der Waals surface area contributed by atoms with E-state index in [1.165, 1.54) is 24.3 Å². The molecule has 0 saturated heterocycles. The Morgan fingerprint density at radius 3 is 2.43 bits per heavy atom. The Bertz CT molecular complexity index is 657. The molecule has 8 heteroatoms. The maximum atomic E-state index is 13.1. The minimum absolute atomic E-state index is 0.00606. The first kappa shape index (κ1) is 16.9. The number of carbonyl (C=O) groups excluding carboxylic acids is 1. The highest BCUT2D eigenvalue weighted by molar-refractivity contribution is 6.61. The lowest BCUT2D eigenvalue weighted by Gasteiger charge is -2.19. The van der Waals surface area contributed by atoms with Gasteiger partial charge in [-0.15, -0.1) is 0 Å². The number of hydrogen-bond acceptors (Lipinski definition) is 3. The van der Waals surface area contributed by atoms with E-state index in [0.717, 1.165) is 12.1 Å². The fourth-order valence-corrected chi connectivity index (χ4v) is 1.94. The first-order chi connectivity index (χ1) is 11.0. The number of benzene rings is 2. The van der Waals surface area contributed by atoms with E-state index in [2.05, 4.69) is 4.65 Å². The zero-order chi connectivity index (χ0) is 16.8. The fraction of sp³-hybridized carbons (Fsp3) is 0.133. The Labute approximate surface area is 131 Å². The molecule has 23 heavy (non-hydrogen) atoms. The van der Waals surface area contributed by atoms with E-state index in [-0.39, 0.29) is 11.0 Å². The van der Waals surface area contributed by atoms with Gasteiger partial charge in [0.15, 0.2) is 0 Å². The molecule has 2 N–H and O–H groups in total. The van der Waals surface area contributed by atoms with Gasteiger partial charge in [-0.2, -0.15) is 0 Å². The molecule has 0 aliphatic rings. The molecule has 0 spiro atoms. The van der Waals surface area contributed by atoms with E-state index < -0.39 is 31.5 Å². The van der Waals surface area contributed by atoms with E-state index >= 15 is 0 Å². The minimum atomic E-state index is -2.86. The number of rotatable bonds is 5. The van der Waals surface area contributed by atoms with Crippen LogP contribution >= 0.6 is 0 Å². The van der Waals surface area contributed by atoms with Crippen molar-refractivity contribution in [2.75, 3.05) is 0 Å². The summed E-state index contributed by atoms with van der Waals surface area (Å²) in [6.07, 6.45) is -4.10. The minimum Gasteiger partial charge on any atom is -0.489 e. The van der Waals surface area contributed by atoms with Crippen LogP contribution in [0.3, 0.4) is 0 Å². The summed E-state index contributed by atoms with van der Waals surface area (Å²) in [6, 6.07) is 10.8. The van der Waals surface area contributed by atoms with Crippen LogP contribution in [0, 0.1) is 5.82 Å². The normalized spacial score (nSPS) is 11.9. The van der Waals surface area contributed by atoms with Crippen molar-refractivity contribution in [3.8, 4) is 0 Å². The average Bonchev–Trinajstić information content (AvgIpc) is 2.53. The van der Waals surface area contributed by atoms with Gasteiger partial charge in [-0.25, -0.2) is 18.0 Å². The Balaban J connectivity index is 2.02. The summed E-state index contributed by atoms with van der Waals surface area (Å²) in [4.78, 5) is 11.7. The highest BCUT2D eigenvalue weighted by Gasteiger charge is 2.28. The summed E-state index contributed by atoms with van der Waals surface area (Å²) in [5.41, 5.74) is 0.188. The van der Waals surface area contributed by atoms with Gasteiger partial charge in [-0.05, 0) is 23.2 Å². The maximum absolute atomic E-state index is 13.1. The van der Waals surface area contributed by atoms with Crippen LogP contribution in [0.1, 0.15) is 11.6 Å². The summed E-state index contributed by atoms with van der Waals surface area (Å²) in [6.45, 7) is 0. The largest absolute Gasteiger partial charge is 0.563 e. The second kappa shape index (κ2) is 7.69. The third-order valence-corrected chi connectivity index (χ3v) is 3.04. The SMILES string of the molecule is O=C(NC(c1ccccc1)C(F)F)OB(O)c1cccc(F)c1. The standard InChI is InChI=1S/C15H13BF3NO3/c17-12-8-4-7-11(9-12)16(22)23-15(21)20-13(14(18)19)10-5-2-1-3-6-10/h1-9,13-14,22H,(H,20,21). The van der Waals surface area contributed by atoms with Gasteiger partial charge in [-0.1, -0.05) is 42.5 Å². The lowest BCUT2D eigenvalue weighted by atomic mass is 9.80. The molecule has 0 bridgehead atoms. The van der Waals surface area contributed by atoms with Crippen molar-refractivity contribution in [3.63, 3.8) is 0 Å². The van der Waals surface area contributed by atoms with E-state index in [9.17, 15) is 23.0 Å². The molecule has 2 aromatic rings. The van der Waals surface area contributed by atoms with Gasteiger partial charge in [0.05, 0.1) is 0 Å². The molecule has 1 atom stereocenters. The fourth-order valence-electron chi connectivity index (χ4n) is 1.94. The van der Waals surface area contributed by atoms with Gasteiger partial charge < -0.3 is 15.0 Å². The molecule has 0 aliphatic carbocycles. The molecule has 2 rings (SSSR count). The zero-order valence-electron chi connectivity index (χ0n) is 11.8. The molecule has 0 saturated carbocycles. The number of hydrogen-bond donors (Lipinski definition) is 2. The Morgan fingerprint density at radius 2 is 1.83 bits per heavy atom. The monoisotopic (exact) mass is 323 g/mol. The van der Waals surface area contributed by atoms with Crippen LogP contribution in [-0.2, 0) is 4.65 Å². The van der Waals surface area contributed by atoms with Gasteiger partial charge in [0.25, 0.3) is 6.43 Å². The number of amides is 1. The summed E-state index contributed by atoms with van der Waals surface area (Å²) in [5, 5.41) is 11.7. The molecular weight excluding hydrogens is 310 g/mol. The Kier molecular flexibility index (Phi) is 5.64. The van der Waals surface area contributed by atoms with Crippen LogP contribution in [0.2, 0.25) is 0 Å². The third-order valence-electron chi connectivity index (χ3n) is 3.04. The van der Waals surface area contributed by atoms with Crippen LogP contribution in [-0.4, -0.2) is 24.7 Å². The second-order valence-corrected chi connectivity index (χ2v) is 4.68. The van der Waals surface area contributed by atoms with Crippen LogP contribution in [0.25, 0.3) is 0 Å². The van der Waals surface area contributed by atoms with Crippen molar-refractivity contribution in [3.05, 3.63) is 66.0 Å². The molecule has 1 unspecified atom stereocenters. The maximum Gasteiger partial charge on any atom is 0.563 e. The predicted octanol–water partition coefficient (Wildman–Crippen LogP) is 2.25. The number of halogens is 3. The first-order valence-corrected chi connectivity index (χ1v) is 6.71. The Hall–Kier alpha value is -2.48. The van der Waals surface area contributed by atoms with E-state index in [0.29, 0.717) is 0 Å². The first-order valence-electron chi connectivity index (χ1n) is 6.71. The van der Waals surface area contributed by atoms with Crippen molar-refractivity contribution in [1.29, 1.82) is 0 Å². The topological polar surface area (TPSA) is 58.6 Å². The molecule has 0 heterocycles. The highest BCUT2D eigenvalue weighted by Crippen LogP contribution is 2.20. The van der Waals surface area contributed by atoms with Crippen LogP contribution in [0.4, 0.5) is 18.0 Å². The number of nitrogens with one attached hydrogen (secondary N) is 1. The van der Waals surface area contributed by atoms with Crippen molar-refractivity contribution in [2.24, 2.45) is 0 Å². The molecule has 2 aromatic carbocycles. The lowest BCUT2D eigenvalue weighted by molar-refractivity contribution is 0.0946. The van der Waals surface area contributed by atoms with Crippen molar-refractivity contribution < 1.29 is 27.6 Å². The smallest absolute Gasteiger partial charge is 0.489 e. The second-order valence-electron chi connectivity index (χ2n) is 4.68. The van der Waals surface area contributed by atoms with Gasteiger partial charge in [0, 0.05) is 0 Å².